The van der Waals surface area contributed by atoms with Gasteiger partial charge in [-0.05, 0) is 37.6 Å². The number of Topliss-reactive ketones (excluding diaryl/α,β-unsaturated/α-hetero) is 1. The van der Waals surface area contributed by atoms with Crippen LogP contribution in [0.25, 0.3) is 0 Å². The minimum absolute atomic E-state index is 0.0432. The maximum Gasteiger partial charge on any atom is 0.270 e. The number of aromatic nitrogens is 1. The Kier molecular flexibility index (Phi) is 6.61. The van der Waals surface area contributed by atoms with Gasteiger partial charge >= 0.3 is 0 Å². The molecular formula is C24H32N4O3. The molecule has 1 aromatic carbocycles. The molecule has 166 valence electrons. The fourth-order valence-corrected chi connectivity index (χ4v) is 4.53. The molecule has 0 aliphatic carbocycles. The first kappa shape index (κ1) is 21.4. The van der Waals surface area contributed by atoms with Gasteiger partial charge in [-0.25, -0.2) is 0 Å². The molecular weight excluding hydrogens is 392 g/mol. The number of para-hydroxylation sites is 2. The Morgan fingerprint density at radius 1 is 0.935 bits per heavy atom. The van der Waals surface area contributed by atoms with E-state index in [0.717, 1.165) is 57.9 Å². The number of unbranched alkanes of at least 4 members (excludes halogenated alkanes) is 1. The first-order valence-corrected chi connectivity index (χ1v) is 11.2. The number of methoxy groups -OCH3 is 1. The summed E-state index contributed by atoms with van der Waals surface area (Å²) < 4.78 is 7.47. The minimum atomic E-state index is -0.0432. The van der Waals surface area contributed by atoms with Crippen molar-refractivity contribution in [2.75, 3.05) is 58.3 Å². The number of ether oxygens (including phenoxy) is 1. The third-order valence-electron chi connectivity index (χ3n) is 6.41. The van der Waals surface area contributed by atoms with E-state index >= 15 is 0 Å². The summed E-state index contributed by atoms with van der Waals surface area (Å²) in [5.74, 6) is 0.957. The van der Waals surface area contributed by atoms with Crippen molar-refractivity contribution in [2.45, 2.75) is 25.8 Å². The number of amides is 1. The lowest BCUT2D eigenvalue weighted by atomic mass is 10.1. The molecule has 1 saturated heterocycles. The molecule has 0 spiro atoms. The summed E-state index contributed by atoms with van der Waals surface area (Å²) >= 11 is 0. The maximum absolute atomic E-state index is 12.7. The van der Waals surface area contributed by atoms with Crippen LogP contribution in [0.15, 0.2) is 36.5 Å². The molecule has 2 aliphatic rings. The first-order chi connectivity index (χ1) is 15.1. The smallest absolute Gasteiger partial charge is 0.270 e. The van der Waals surface area contributed by atoms with Crippen LogP contribution < -0.4 is 9.64 Å². The van der Waals surface area contributed by atoms with Gasteiger partial charge in [0.25, 0.3) is 5.91 Å². The highest BCUT2D eigenvalue weighted by atomic mass is 16.5. The molecule has 0 bridgehead atoms. The topological polar surface area (TPSA) is 58.0 Å². The molecule has 0 N–H and O–H groups in total. The summed E-state index contributed by atoms with van der Waals surface area (Å²) in [4.78, 5) is 31.5. The van der Waals surface area contributed by atoms with Crippen LogP contribution in [0.3, 0.4) is 0 Å². The van der Waals surface area contributed by atoms with E-state index in [-0.39, 0.29) is 11.7 Å². The van der Waals surface area contributed by atoms with E-state index < -0.39 is 0 Å². The molecule has 1 fully saturated rings. The zero-order valence-electron chi connectivity index (χ0n) is 18.5. The number of benzene rings is 1. The van der Waals surface area contributed by atoms with Crippen molar-refractivity contribution in [1.82, 2.24) is 14.4 Å². The number of nitrogens with zero attached hydrogens (tertiary/aromatic N) is 4. The number of hydrogen-bond acceptors (Lipinski definition) is 5. The van der Waals surface area contributed by atoms with E-state index in [1.165, 1.54) is 5.69 Å². The summed E-state index contributed by atoms with van der Waals surface area (Å²) in [5.41, 5.74) is 2.32. The van der Waals surface area contributed by atoms with Gasteiger partial charge in [-0.1, -0.05) is 12.1 Å². The van der Waals surface area contributed by atoms with Crippen LogP contribution >= 0.6 is 0 Å². The molecule has 2 aliphatic heterocycles. The van der Waals surface area contributed by atoms with Crippen LogP contribution in [0.1, 0.15) is 40.1 Å². The van der Waals surface area contributed by atoms with Crippen molar-refractivity contribution in [3.05, 3.63) is 47.8 Å². The molecule has 0 atom stereocenters. The molecule has 0 saturated carbocycles. The number of carbonyl (C=O) groups excluding carboxylic acids is 2. The monoisotopic (exact) mass is 424 g/mol. The van der Waals surface area contributed by atoms with Gasteiger partial charge in [-0.15, -0.1) is 0 Å². The molecule has 31 heavy (non-hydrogen) atoms. The lowest BCUT2D eigenvalue weighted by molar-refractivity contribution is 0.0787. The maximum atomic E-state index is 12.7. The summed E-state index contributed by atoms with van der Waals surface area (Å²) in [6, 6.07) is 10.0. The summed E-state index contributed by atoms with van der Waals surface area (Å²) in [6.07, 6.45) is 4.35. The van der Waals surface area contributed by atoms with Crippen molar-refractivity contribution >= 4 is 17.4 Å². The van der Waals surface area contributed by atoms with Gasteiger partial charge in [0.1, 0.15) is 11.4 Å². The molecule has 7 heteroatoms. The second-order valence-electron chi connectivity index (χ2n) is 8.38. The Morgan fingerprint density at radius 2 is 1.68 bits per heavy atom. The predicted molar refractivity (Wildman–Crippen MR) is 121 cm³/mol. The molecule has 7 nitrogen and oxygen atoms in total. The largest absolute Gasteiger partial charge is 0.495 e. The number of ketones is 1. The average Bonchev–Trinajstić information content (AvgIpc) is 3.19. The van der Waals surface area contributed by atoms with Crippen molar-refractivity contribution in [1.29, 1.82) is 0 Å². The van der Waals surface area contributed by atoms with Gasteiger partial charge < -0.3 is 19.1 Å². The van der Waals surface area contributed by atoms with Crippen LogP contribution in [-0.2, 0) is 6.54 Å². The molecule has 1 aromatic heterocycles. The summed E-state index contributed by atoms with van der Waals surface area (Å²) in [5, 5.41) is 0. The summed E-state index contributed by atoms with van der Waals surface area (Å²) in [6.45, 7) is 6.37. The Hall–Kier alpha value is -2.80. The standard InChI is InChI=1S/C24H32N4O3/c1-25-13-10-21(29)19-9-14-28(23(19)24(25)30)12-6-5-11-26-15-17-27(18-16-26)20-7-3-4-8-22(20)31-2/h3-4,7-9,14H,5-6,10-13,15-18H2,1-2H3. The van der Waals surface area contributed by atoms with Crippen LogP contribution in [0.5, 0.6) is 5.75 Å². The minimum Gasteiger partial charge on any atom is -0.495 e. The second-order valence-corrected chi connectivity index (χ2v) is 8.38. The number of rotatable bonds is 7. The van der Waals surface area contributed by atoms with Gasteiger partial charge in [0.05, 0.1) is 12.8 Å². The quantitative estimate of drug-likeness (QED) is 0.640. The predicted octanol–water partition coefficient (Wildman–Crippen LogP) is 2.76. The van der Waals surface area contributed by atoms with Gasteiger partial charge in [0, 0.05) is 64.5 Å². The van der Waals surface area contributed by atoms with Gasteiger partial charge in [-0.2, -0.15) is 0 Å². The van der Waals surface area contributed by atoms with E-state index in [2.05, 4.69) is 21.9 Å². The fraction of sp³-hybridized carbons (Fsp3) is 0.500. The van der Waals surface area contributed by atoms with E-state index in [1.807, 2.05) is 29.0 Å². The number of anilines is 1. The Labute approximate surface area is 184 Å². The van der Waals surface area contributed by atoms with Gasteiger partial charge in [0.15, 0.2) is 5.78 Å². The number of hydrogen-bond donors (Lipinski definition) is 0. The van der Waals surface area contributed by atoms with E-state index in [0.29, 0.717) is 24.2 Å². The van der Waals surface area contributed by atoms with Crippen LogP contribution in [0.2, 0.25) is 0 Å². The fourth-order valence-electron chi connectivity index (χ4n) is 4.53. The van der Waals surface area contributed by atoms with Crippen molar-refractivity contribution < 1.29 is 14.3 Å². The Bertz CT molecular complexity index is 931. The van der Waals surface area contributed by atoms with E-state index in [1.54, 1.807) is 19.1 Å². The average molecular weight is 425 g/mol. The molecule has 0 unspecified atom stereocenters. The third-order valence-corrected chi connectivity index (χ3v) is 6.41. The number of aryl methyl sites for hydroxylation is 1. The van der Waals surface area contributed by atoms with Crippen LogP contribution in [0.4, 0.5) is 5.69 Å². The number of piperazine rings is 1. The normalized spacial score (nSPS) is 17.6. The van der Waals surface area contributed by atoms with Crippen LogP contribution in [-0.4, -0.2) is 79.5 Å². The highest BCUT2D eigenvalue weighted by Gasteiger charge is 2.28. The number of fused-ring (bicyclic) bond motifs is 1. The van der Waals surface area contributed by atoms with Crippen LogP contribution in [0, 0.1) is 0 Å². The van der Waals surface area contributed by atoms with Gasteiger partial charge in [-0.3, -0.25) is 14.5 Å². The third kappa shape index (κ3) is 4.61. The molecule has 2 aromatic rings. The SMILES string of the molecule is COc1ccccc1N1CCN(CCCCn2ccc3c2C(=O)N(C)CCC3=O)CC1. The van der Waals surface area contributed by atoms with Crippen molar-refractivity contribution in [3.63, 3.8) is 0 Å². The Morgan fingerprint density at radius 3 is 2.45 bits per heavy atom. The van der Waals surface area contributed by atoms with E-state index in [4.69, 9.17) is 4.74 Å². The molecule has 1 amide bonds. The highest BCUT2D eigenvalue weighted by molar-refractivity contribution is 6.08. The second kappa shape index (κ2) is 9.56. The Balaban J connectivity index is 1.26. The van der Waals surface area contributed by atoms with Gasteiger partial charge in [0.2, 0.25) is 0 Å². The zero-order chi connectivity index (χ0) is 21.8. The molecule has 3 heterocycles. The molecule has 4 rings (SSSR count). The number of carbonyl (C=O) groups is 2. The summed E-state index contributed by atoms with van der Waals surface area (Å²) in [7, 11) is 3.49. The van der Waals surface area contributed by atoms with Crippen molar-refractivity contribution in [3.8, 4) is 5.75 Å². The molecule has 0 radical (unpaired) electrons. The zero-order valence-corrected chi connectivity index (χ0v) is 18.5. The van der Waals surface area contributed by atoms with E-state index in [9.17, 15) is 9.59 Å². The lowest BCUT2D eigenvalue weighted by Crippen LogP contribution is -2.46. The lowest BCUT2D eigenvalue weighted by Gasteiger charge is -2.36. The highest BCUT2D eigenvalue weighted by Crippen LogP contribution is 2.28. The van der Waals surface area contributed by atoms with Crippen molar-refractivity contribution in [2.24, 2.45) is 0 Å². The first-order valence-electron chi connectivity index (χ1n) is 11.2.